The summed E-state index contributed by atoms with van der Waals surface area (Å²) in [4.78, 5) is 31.3. The zero-order chi connectivity index (χ0) is 19.0. The third kappa shape index (κ3) is 3.03. The van der Waals surface area contributed by atoms with Crippen LogP contribution in [0.4, 0.5) is 14.5 Å². The third-order valence-corrected chi connectivity index (χ3v) is 4.55. The van der Waals surface area contributed by atoms with Crippen LogP contribution in [0.25, 0.3) is 5.52 Å². The Hall–Kier alpha value is -3.29. The maximum Gasteiger partial charge on any atom is 0.290 e. The first-order chi connectivity index (χ1) is 13.1. The molecule has 8 heteroatoms. The van der Waals surface area contributed by atoms with Gasteiger partial charge in [-0.2, -0.15) is 0 Å². The molecule has 4 rings (SSSR count). The summed E-state index contributed by atoms with van der Waals surface area (Å²) in [5.41, 5.74) is -0.234. The molecule has 138 valence electrons. The number of fused-ring (bicyclic) bond motifs is 1. The SMILES string of the molecule is O=C(Nc1c(F)cccc1F)c1nc(C(=O)N2CCCC2)n2ccccc12. The molecule has 3 heterocycles. The highest BCUT2D eigenvalue weighted by Gasteiger charge is 2.27. The van der Waals surface area contributed by atoms with Crippen LogP contribution in [0.3, 0.4) is 0 Å². The quantitative estimate of drug-likeness (QED) is 0.770. The minimum atomic E-state index is -0.889. The molecule has 1 aromatic carbocycles. The molecule has 2 aromatic heterocycles. The van der Waals surface area contributed by atoms with Gasteiger partial charge in [0, 0.05) is 19.3 Å². The van der Waals surface area contributed by atoms with Crippen LogP contribution in [0.15, 0.2) is 42.6 Å². The Morgan fingerprint density at radius 1 is 1.00 bits per heavy atom. The highest BCUT2D eigenvalue weighted by atomic mass is 19.1. The van der Waals surface area contributed by atoms with E-state index in [0.717, 1.165) is 25.0 Å². The number of benzene rings is 1. The maximum atomic E-state index is 13.8. The van der Waals surface area contributed by atoms with E-state index in [1.165, 1.54) is 10.5 Å². The Morgan fingerprint density at radius 3 is 2.41 bits per heavy atom. The number of carbonyl (C=O) groups is 2. The van der Waals surface area contributed by atoms with E-state index in [9.17, 15) is 18.4 Å². The highest BCUT2D eigenvalue weighted by molar-refractivity contribution is 6.09. The van der Waals surface area contributed by atoms with Crippen LogP contribution in [-0.2, 0) is 0 Å². The molecule has 1 aliphatic heterocycles. The number of nitrogens with one attached hydrogen (secondary N) is 1. The average Bonchev–Trinajstić information content (AvgIpc) is 3.32. The first-order valence-corrected chi connectivity index (χ1v) is 8.58. The second kappa shape index (κ2) is 6.79. The minimum absolute atomic E-state index is 0.0687. The number of halogens is 2. The van der Waals surface area contributed by atoms with E-state index in [4.69, 9.17) is 0 Å². The normalized spacial score (nSPS) is 13.9. The van der Waals surface area contributed by atoms with Gasteiger partial charge in [-0.05, 0) is 37.1 Å². The minimum Gasteiger partial charge on any atom is -0.336 e. The number of nitrogens with zero attached hydrogens (tertiary/aromatic N) is 3. The molecule has 0 unspecified atom stereocenters. The van der Waals surface area contributed by atoms with Crippen molar-refractivity contribution in [1.82, 2.24) is 14.3 Å². The molecular formula is C19H16F2N4O2. The second-order valence-electron chi connectivity index (χ2n) is 6.29. The van der Waals surface area contributed by atoms with Crippen molar-refractivity contribution >= 4 is 23.0 Å². The number of anilines is 1. The summed E-state index contributed by atoms with van der Waals surface area (Å²) in [5, 5.41) is 2.22. The molecule has 1 saturated heterocycles. The Bertz CT molecular complexity index is 1020. The Balaban J connectivity index is 1.73. The Kier molecular flexibility index (Phi) is 4.31. The molecule has 3 aromatic rings. The topological polar surface area (TPSA) is 66.7 Å². The standard InChI is InChI=1S/C19H16F2N4O2/c20-12-6-5-7-13(21)15(12)23-18(26)16-14-8-1-2-11-25(14)17(22-16)19(27)24-9-3-4-10-24/h1-2,5-8,11H,3-4,9-10H2,(H,23,26). The largest absolute Gasteiger partial charge is 0.336 e. The van der Waals surface area contributed by atoms with E-state index < -0.39 is 23.2 Å². The van der Waals surface area contributed by atoms with Crippen LogP contribution in [0, 0.1) is 11.6 Å². The smallest absolute Gasteiger partial charge is 0.290 e. The number of rotatable bonds is 3. The highest BCUT2D eigenvalue weighted by Crippen LogP contribution is 2.21. The molecule has 27 heavy (non-hydrogen) atoms. The summed E-state index contributed by atoms with van der Waals surface area (Å²) in [6.07, 6.45) is 3.48. The molecule has 6 nitrogen and oxygen atoms in total. The van der Waals surface area contributed by atoms with Crippen molar-refractivity contribution in [2.24, 2.45) is 0 Å². The van der Waals surface area contributed by atoms with E-state index in [2.05, 4.69) is 10.3 Å². The van der Waals surface area contributed by atoms with Gasteiger partial charge in [0.05, 0.1) is 5.52 Å². The van der Waals surface area contributed by atoms with Gasteiger partial charge in [0.25, 0.3) is 11.8 Å². The Labute approximate surface area is 153 Å². The van der Waals surface area contributed by atoms with Gasteiger partial charge in [0.1, 0.15) is 17.3 Å². The van der Waals surface area contributed by atoms with Crippen LogP contribution in [0.2, 0.25) is 0 Å². The van der Waals surface area contributed by atoms with Crippen molar-refractivity contribution in [1.29, 1.82) is 0 Å². The lowest BCUT2D eigenvalue weighted by Gasteiger charge is -2.13. The fraction of sp³-hybridized carbons (Fsp3) is 0.211. The molecule has 0 aliphatic carbocycles. The molecule has 2 amide bonds. The number of imidazole rings is 1. The molecule has 0 saturated carbocycles. The summed E-state index contributed by atoms with van der Waals surface area (Å²) < 4.78 is 29.2. The number of aromatic nitrogens is 2. The summed E-state index contributed by atoms with van der Waals surface area (Å²) in [6, 6.07) is 8.34. The van der Waals surface area contributed by atoms with Gasteiger partial charge in [-0.25, -0.2) is 13.8 Å². The number of pyridine rings is 1. The summed E-state index contributed by atoms with van der Waals surface area (Å²) in [7, 11) is 0. The molecule has 1 aliphatic rings. The van der Waals surface area contributed by atoms with E-state index in [-0.39, 0.29) is 17.4 Å². The van der Waals surface area contributed by atoms with E-state index in [1.807, 2.05) is 0 Å². The van der Waals surface area contributed by atoms with E-state index in [1.54, 1.807) is 29.3 Å². The van der Waals surface area contributed by atoms with Crippen molar-refractivity contribution in [2.75, 3.05) is 18.4 Å². The molecular weight excluding hydrogens is 354 g/mol. The molecule has 0 radical (unpaired) electrons. The first kappa shape index (κ1) is 17.1. The van der Waals surface area contributed by atoms with Crippen molar-refractivity contribution in [3.63, 3.8) is 0 Å². The monoisotopic (exact) mass is 370 g/mol. The predicted molar refractivity (Wildman–Crippen MR) is 94.6 cm³/mol. The molecule has 1 fully saturated rings. The van der Waals surface area contributed by atoms with E-state index >= 15 is 0 Å². The molecule has 0 atom stereocenters. The van der Waals surface area contributed by atoms with Gasteiger partial charge in [0.15, 0.2) is 5.69 Å². The van der Waals surface area contributed by atoms with Crippen molar-refractivity contribution in [3.8, 4) is 0 Å². The van der Waals surface area contributed by atoms with Crippen molar-refractivity contribution < 1.29 is 18.4 Å². The number of para-hydroxylation sites is 1. The lowest BCUT2D eigenvalue weighted by molar-refractivity contribution is 0.0780. The lowest BCUT2D eigenvalue weighted by Crippen LogP contribution is -2.29. The van der Waals surface area contributed by atoms with Crippen LogP contribution >= 0.6 is 0 Å². The number of hydrogen-bond donors (Lipinski definition) is 1. The van der Waals surface area contributed by atoms with Crippen LogP contribution in [0.5, 0.6) is 0 Å². The van der Waals surface area contributed by atoms with Gasteiger partial charge >= 0.3 is 0 Å². The first-order valence-electron chi connectivity index (χ1n) is 8.58. The van der Waals surface area contributed by atoms with Gasteiger partial charge in [-0.3, -0.25) is 14.0 Å². The van der Waals surface area contributed by atoms with Crippen LogP contribution in [0.1, 0.15) is 33.9 Å². The average molecular weight is 370 g/mol. The fourth-order valence-corrected chi connectivity index (χ4v) is 3.21. The van der Waals surface area contributed by atoms with Gasteiger partial charge in [0.2, 0.25) is 5.82 Å². The predicted octanol–water partition coefficient (Wildman–Crippen LogP) is 3.10. The second-order valence-corrected chi connectivity index (χ2v) is 6.29. The summed E-state index contributed by atoms with van der Waals surface area (Å²) in [5.74, 6) is -2.74. The number of likely N-dealkylation sites (tertiary alicyclic amines) is 1. The number of carbonyl (C=O) groups excluding carboxylic acids is 2. The van der Waals surface area contributed by atoms with Gasteiger partial charge in [-0.15, -0.1) is 0 Å². The summed E-state index contributed by atoms with van der Waals surface area (Å²) in [6.45, 7) is 1.28. The summed E-state index contributed by atoms with van der Waals surface area (Å²) >= 11 is 0. The van der Waals surface area contributed by atoms with E-state index in [0.29, 0.717) is 18.6 Å². The van der Waals surface area contributed by atoms with Gasteiger partial charge < -0.3 is 10.2 Å². The zero-order valence-corrected chi connectivity index (χ0v) is 14.3. The zero-order valence-electron chi connectivity index (χ0n) is 14.3. The number of amides is 2. The molecule has 0 bridgehead atoms. The Morgan fingerprint density at radius 2 is 1.70 bits per heavy atom. The van der Waals surface area contributed by atoms with Crippen molar-refractivity contribution in [2.45, 2.75) is 12.8 Å². The number of hydrogen-bond acceptors (Lipinski definition) is 3. The molecule has 1 N–H and O–H groups in total. The lowest BCUT2D eigenvalue weighted by atomic mass is 10.2. The van der Waals surface area contributed by atoms with Crippen molar-refractivity contribution in [3.05, 3.63) is 65.7 Å². The van der Waals surface area contributed by atoms with Gasteiger partial charge in [-0.1, -0.05) is 12.1 Å². The third-order valence-electron chi connectivity index (χ3n) is 4.55. The molecule has 0 spiro atoms. The fourth-order valence-electron chi connectivity index (χ4n) is 3.21. The maximum absolute atomic E-state index is 13.8. The van der Waals surface area contributed by atoms with Crippen LogP contribution < -0.4 is 5.32 Å². The van der Waals surface area contributed by atoms with Crippen LogP contribution in [-0.4, -0.2) is 39.2 Å².